The molecule has 0 saturated heterocycles. The van der Waals surface area contributed by atoms with Crippen LogP contribution in [0.1, 0.15) is 11.1 Å². The third-order valence-electron chi connectivity index (χ3n) is 3.15. The van der Waals surface area contributed by atoms with Gasteiger partial charge in [0.25, 0.3) is 0 Å². The molecular weight excluding hydrogens is 274 g/mol. The summed E-state index contributed by atoms with van der Waals surface area (Å²) in [6.07, 6.45) is 2.51. The first kappa shape index (κ1) is 13.0. The fraction of sp³-hybridized carbons (Fsp3) is 0.143. The molecule has 0 saturated carbocycles. The molecule has 0 atom stereocenters. The van der Waals surface area contributed by atoms with Crippen LogP contribution in [-0.2, 0) is 6.54 Å². The summed E-state index contributed by atoms with van der Waals surface area (Å²) in [5.41, 5.74) is 1.65. The minimum Gasteiger partial charge on any atom is -0.423 e. The van der Waals surface area contributed by atoms with Gasteiger partial charge in [0.05, 0.1) is 11.5 Å². The molecule has 7 heteroatoms. The van der Waals surface area contributed by atoms with Crippen molar-refractivity contribution >= 4 is 16.7 Å². The summed E-state index contributed by atoms with van der Waals surface area (Å²) in [4.78, 5) is 21.8. The Balaban J connectivity index is 2.07. The van der Waals surface area contributed by atoms with E-state index in [4.69, 9.17) is 4.42 Å². The molecular formula is C14H11N3O4. The van der Waals surface area contributed by atoms with E-state index in [-0.39, 0.29) is 12.2 Å². The van der Waals surface area contributed by atoms with Gasteiger partial charge in [-0.2, -0.15) is 5.10 Å². The van der Waals surface area contributed by atoms with Crippen LogP contribution in [0.4, 0.5) is 5.69 Å². The lowest BCUT2D eigenvalue weighted by molar-refractivity contribution is -0.385. The molecule has 3 rings (SSSR count). The number of nitro groups is 1. The summed E-state index contributed by atoms with van der Waals surface area (Å²) in [5.74, 6) is 0. The molecule has 0 unspecified atom stereocenters. The lowest BCUT2D eigenvalue weighted by atomic mass is 10.1. The second-order valence-corrected chi connectivity index (χ2v) is 4.74. The minimum absolute atomic E-state index is 0.0851. The fourth-order valence-corrected chi connectivity index (χ4v) is 2.18. The van der Waals surface area contributed by atoms with Gasteiger partial charge in [0.2, 0.25) is 0 Å². The molecule has 1 aromatic carbocycles. The molecule has 0 N–H and O–H groups in total. The number of benzene rings is 1. The van der Waals surface area contributed by atoms with Crippen molar-refractivity contribution in [2.45, 2.75) is 13.5 Å². The van der Waals surface area contributed by atoms with Gasteiger partial charge >= 0.3 is 11.3 Å². The van der Waals surface area contributed by atoms with E-state index in [1.165, 1.54) is 23.1 Å². The van der Waals surface area contributed by atoms with Crippen molar-refractivity contribution < 1.29 is 9.34 Å². The Hall–Kier alpha value is -2.96. The molecule has 0 fully saturated rings. The molecule has 0 bridgehead atoms. The van der Waals surface area contributed by atoms with Gasteiger partial charge in [-0.25, -0.2) is 4.79 Å². The summed E-state index contributed by atoms with van der Waals surface area (Å²) in [7, 11) is 0. The molecule has 0 spiro atoms. The number of nitrogens with zero attached hydrogens (tertiary/aromatic N) is 3. The second kappa shape index (κ2) is 4.86. The Morgan fingerprint density at radius 2 is 2.19 bits per heavy atom. The molecule has 0 amide bonds. The summed E-state index contributed by atoms with van der Waals surface area (Å²) >= 11 is 0. The fourth-order valence-electron chi connectivity index (χ4n) is 2.18. The van der Waals surface area contributed by atoms with Crippen LogP contribution >= 0.6 is 0 Å². The van der Waals surface area contributed by atoms with E-state index in [0.717, 1.165) is 10.9 Å². The van der Waals surface area contributed by atoms with Crippen molar-refractivity contribution in [1.82, 2.24) is 9.78 Å². The first-order chi connectivity index (χ1) is 10.0. The number of hydrogen-bond donors (Lipinski definition) is 0. The highest BCUT2D eigenvalue weighted by Crippen LogP contribution is 2.20. The van der Waals surface area contributed by atoms with Crippen LogP contribution < -0.4 is 5.63 Å². The maximum absolute atomic E-state index is 11.6. The maximum atomic E-state index is 11.6. The molecule has 21 heavy (non-hydrogen) atoms. The van der Waals surface area contributed by atoms with Crippen molar-refractivity contribution in [2.75, 3.05) is 0 Å². The first-order valence-electron chi connectivity index (χ1n) is 6.23. The predicted molar refractivity (Wildman–Crippen MR) is 75.2 cm³/mol. The van der Waals surface area contributed by atoms with Crippen molar-refractivity contribution in [3.8, 4) is 0 Å². The molecule has 106 valence electrons. The summed E-state index contributed by atoms with van der Waals surface area (Å²) in [6, 6.07) is 6.94. The van der Waals surface area contributed by atoms with Crippen LogP contribution in [0.15, 0.2) is 45.9 Å². The maximum Gasteiger partial charge on any atom is 0.336 e. The van der Waals surface area contributed by atoms with Crippen molar-refractivity contribution in [3.63, 3.8) is 0 Å². The van der Waals surface area contributed by atoms with Gasteiger partial charge in [-0.3, -0.25) is 14.8 Å². The topological polar surface area (TPSA) is 91.2 Å². The van der Waals surface area contributed by atoms with Crippen LogP contribution in [0.3, 0.4) is 0 Å². The van der Waals surface area contributed by atoms with E-state index in [2.05, 4.69) is 5.10 Å². The van der Waals surface area contributed by atoms with Gasteiger partial charge in [-0.15, -0.1) is 0 Å². The Bertz CT molecular complexity index is 895. The van der Waals surface area contributed by atoms with Crippen molar-refractivity contribution in [1.29, 1.82) is 0 Å². The SMILES string of the molecule is Cc1ccc2c(Cn3cc([N+](=O)[O-])cn3)cc(=O)oc2c1. The molecule has 2 aromatic heterocycles. The van der Waals surface area contributed by atoms with Gasteiger partial charge in [-0.05, 0) is 24.1 Å². The highest BCUT2D eigenvalue weighted by molar-refractivity contribution is 5.80. The molecule has 0 aliphatic carbocycles. The molecule has 0 aliphatic rings. The normalized spacial score (nSPS) is 10.9. The Labute approximate surface area is 118 Å². The van der Waals surface area contributed by atoms with Gasteiger partial charge in [0, 0.05) is 11.5 Å². The zero-order valence-corrected chi connectivity index (χ0v) is 11.1. The van der Waals surface area contributed by atoms with E-state index in [9.17, 15) is 14.9 Å². The lowest BCUT2D eigenvalue weighted by Crippen LogP contribution is -2.06. The Morgan fingerprint density at radius 3 is 2.90 bits per heavy atom. The summed E-state index contributed by atoms with van der Waals surface area (Å²) < 4.78 is 6.59. The van der Waals surface area contributed by atoms with Crippen LogP contribution in [0, 0.1) is 17.0 Å². The summed E-state index contributed by atoms with van der Waals surface area (Å²) in [6.45, 7) is 2.17. The molecule has 7 nitrogen and oxygen atoms in total. The third-order valence-corrected chi connectivity index (χ3v) is 3.15. The van der Waals surface area contributed by atoms with Gasteiger partial charge < -0.3 is 4.42 Å². The number of aryl methyl sites for hydroxylation is 1. The highest BCUT2D eigenvalue weighted by atomic mass is 16.6. The quantitative estimate of drug-likeness (QED) is 0.418. The van der Waals surface area contributed by atoms with Crippen molar-refractivity contribution in [3.05, 3.63) is 68.3 Å². The lowest BCUT2D eigenvalue weighted by Gasteiger charge is -2.05. The Kier molecular flexibility index (Phi) is 3.02. The van der Waals surface area contributed by atoms with Crippen LogP contribution in [0.25, 0.3) is 11.0 Å². The summed E-state index contributed by atoms with van der Waals surface area (Å²) in [5, 5.41) is 15.4. The molecule has 2 heterocycles. The van der Waals surface area contributed by atoms with E-state index >= 15 is 0 Å². The minimum atomic E-state index is -0.510. The highest BCUT2D eigenvalue weighted by Gasteiger charge is 2.11. The van der Waals surface area contributed by atoms with E-state index in [0.29, 0.717) is 11.1 Å². The number of hydrogen-bond acceptors (Lipinski definition) is 5. The van der Waals surface area contributed by atoms with Crippen LogP contribution in [0.5, 0.6) is 0 Å². The predicted octanol–water partition coefficient (Wildman–Crippen LogP) is 2.25. The molecule has 0 radical (unpaired) electrons. The zero-order chi connectivity index (χ0) is 15.0. The number of aromatic nitrogens is 2. The van der Waals surface area contributed by atoms with E-state index < -0.39 is 10.5 Å². The second-order valence-electron chi connectivity index (χ2n) is 4.74. The largest absolute Gasteiger partial charge is 0.423 e. The third kappa shape index (κ3) is 2.53. The van der Waals surface area contributed by atoms with Crippen molar-refractivity contribution in [2.24, 2.45) is 0 Å². The molecule has 3 aromatic rings. The monoisotopic (exact) mass is 285 g/mol. The number of fused-ring (bicyclic) bond motifs is 1. The smallest absolute Gasteiger partial charge is 0.336 e. The zero-order valence-electron chi connectivity index (χ0n) is 11.1. The van der Waals surface area contributed by atoms with E-state index in [1.54, 1.807) is 6.07 Å². The average molecular weight is 285 g/mol. The standard InChI is InChI=1S/C14H11N3O4/c1-9-2-3-12-10(5-14(18)21-13(12)4-9)7-16-8-11(6-15-16)17(19)20/h2-6,8H,7H2,1H3. The first-order valence-corrected chi connectivity index (χ1v) is 6.23. The molecule has 0 aliphatic heterocycles. The Morgan fingerprint density at radius 1 is 1.38 bits per heavy atom. The van der Waals surface area contributed by atoms with Gasteiger partial charge in [0.15, 0.2) is 0 Å². The van der Waals surface area contributed by atoms with Crippen LogP contribution in [0.2, 0.25) is 0 Å². The van der Waals surface area contributed by atoms with Gasteiger partial charge in [-0.1, -0.05) is 12.1 Å². The number of rotatable bonds is 3. The average Bonchev–Trinajstić information content (AvgIpc) is 2.86. The van der Waals surface area contributed by atoms with Crippen LogP contribution in [-0.4, -0.2) is 14.7 Å². The van der Waals surface area contributed by atoms with Gasteiger partial charge in [0.1, 0.15) is 18.0 Å². The van der Waals surface area contributed by atoms with E-state index in [1.807, 2.05) is 19.1 Å².